The molecule has 1 aromatic rings. The Morgan fingerprint density at radius 1 is 0.950 bits per heavy atom. The quantitative estimate of drug-likeness (QED) is 0.704. The van der Waals surface area contributed by atoms with E-state index in [4.69, 9.17) is 4.43 Å². The Morgan fingerprint density at radius 3 is 1.85 bits per heavy atom. The molecule has 0 spiro atoms. The highest BCUT2D eigenvalue weighted by Crippen LogP contribution is 2.30. The Balaban J connectivity index is 3.05. The summed E-state index contributed by atoms with van der Waals surface area (Å²) in [7, 11) is -0.658. The fraction of sp³-hybridized carbons (Fsp3) is 0.625. The molecule has 0 saturated carbocycles. The molecule has 1 rings (SSSR count). The predicted molar refractivity (Wildman–Crippen MR) is 94.2 cm³/mol. The van der Waals surface area contributed by atoms with Gasteiger partial charge in [-0.25, -0.2) is 0 Å². The van der Waals surface area contributed by atoms with Gasteiger partial charge in [-0.3, -0.25) is 0 Å². The van der Waals surface area contributed by atoms with Crippen molar-refractivity contribution in [3.63, 3.8) is 0 Å². The first kappa shape index (κ1) is 17.6. The van der Waals surface area contributed by atoms with Crippen molar-refractivity contribution in [1.29, 1.82) is 0 Å². The highest BCUT2D eigenvalue weighted by atomic mass is 28.4. The van der Waals surface area contributed by atoms with Gasteiger partial charge in [0.05, 0.1) is 6.10 Å². The van der Waals surface area contributed by atoms with Crippen LogP contribution in [0.2, 0.25) is 39.3 Å². The van der Waals surface area contributed by atoms with Crippen molar-refractivity contribution in [2.45, 2.75) is 58.4 Å². The van der Waals surface area contributed by atoms with Crippen molar-refractivity contribution in [3.8, 4) is 0 Å². The van der Waals surface area contributed by atoms with Crippen LogP contribution in [0, 0.1) is 0 Å². The maximum Gasteiger partial charge on any atom is 0.184 e. The third-order valence-corrected chi connectivity index (χ3v) is 7.20. The predicted octanol–water partition coefficient (Wildman–Crippen LogP) is 4.73. The number of benzene rings is 1. The molecule has 0 N–H and O–H groups in total. The Bertz CT molecular complexity index is 409. The highest BCUT2D eigenvalue weighted by molar-refractivity contribution is 6.73. The van der Waals surface area contributed by atoms with Crippen LogP contribution >= 0.6 is 0 Å². The van der Waals surface area contributed by atoms with E-state index in [9.17, 15) is 0 Å². The molecule has 0 bridgehead atoms. The van der Waals surface area contributed by atoms with Crippen molar-refractivity contribution in [3.05, 3.63) is 35.9 Å². The average molecular weight is 310 g/mol. The third-order valence-electron chi connectivity index (χ3n) is 3.72. The number of likely N-dealkylation sites (N-methyl/N-ethyl adjacent to an activating group) is 1. The van der Waals surface area contributed by atoms with E-state index in [1.54, 1.807) is 0 Å². The van der Waals surface area contributed by atoms with Crippen LogP contribution in [0.1, 0.15) is 18.6 Å². The van der Waals surface area contributed by atoms with Crippen LogP contribution in [-0.4, -0.2) is 34.2 Å². The third kappa shape index (κ3) is 5.16. The van der Waals surface area contributed by atoms with E-state index in [1.165, 1.54) is 5.56 Å². The lowest BCUT2D eigenvalue weighted by atomic mass is 10.0. The molecule has 0 fully saturated rings. The van der Waals surface area contributed by atoms with E-state index in [2.05, 4.69) is 88.2 Å². The summed E-state index contributed by atoms with van der Waals surface area (Å²) < 4.78 is 9.07. The van der Waals surface area contributed by atoms with Gasteiger partial charge in [-0.15, -0.1) is 0 Å². The molecule has 4 heteroatoms. The Morgan fingerprint density at radius 2 is 1.45 bits per heavy atom. The monoisotopic (exact) mass is 309 g/mol. The molecular weight excluding hydrogens is 278 g/mol. The SMILES string of the molecule is C[C@@H]([C@H](O[Si](C)(C)C)c1ccccc1)N(C)[Si](C)(C)C. The molecule has 114 valence electrons. The summed E-state index contributed by atoms with van der Waals surface area (Å²) in [6.07, 6.45) is 0.166. The van der Waals surface area contributed by atoms with Gasteiger partial charge in [0, 0.05) is 6.04 Å². The van der Waals surface area contributed by atoms with Crippen molar-refractivity contribution >= 4 is 16.6 Å². The van der Waals surface area contributed by atoms with Crippen LogP contribution in [0.25, 0.3) is 0 Å². The molecule has 0 aromatic heterocycles. The number of hydrogen-bond donors (Lipinski definition) is 0. The van der Waals surface area contributed by atoms with Gasteiger partial charge in [0.25, 0.3) is 0 Å². The zero-order valence-corrected chi connectivity index (χ0v) is 16.4. The van der Waals surface area contributed by atoms with Crippen LogP contribution < -0.4 is 0 Å². The minimum Gasteiger partial charge on any atom is -0.409 e. The van der Waals surface area contributed by atoms with E-state index in [0.29, 0.717) is 6.04 Å². The van der Waals surface area contributed by atoms with Crippen LogP contribution in [0.3, 0.4) is 0 Å². The molecule has 1 aromatic carbocycles. The average Bonchev–Trinajstić information content (AvgIpc) is 2.33. The Labute approximate surface area is 127 Å². The molecule has 0 aliphatic rings. The molecule has 0 aliphatic carbocycles. The van der Waals surface area contributed by atoms with E-state index >= 15 is 0 Å². The summed E-state index contributed by atoms with van der Waals surface area (Å²) >= 11 is 0. The topological polar surface area (TPSA) is 12.5 Å². The first-order valence-electron chi connectivity index (χ1n) is 7.48. The van der Waals surface area contributed by atoms with Crippen molar-refractivity contribution in [2.75, 3.05) is 7.05 Å². The second-order valence-electron chi connectivity index (χ2n) is 7.58. The standard InChI is InChI=1S/C16H31NOSi2/c1-14(17(2)19(3,4)5)16(18-20(6,7)8)15-12-10-9-11-13-15/h9-14,16H,1-8H3/t14-,16-/m0/s1. The van der Waals surface area contributed by atoms with E-state index in [1.807, 2.05) is 0 Å². The van der Waals surface area contributed by atoms with Gasteiger partial charge in [-0.1, -0.05) is 50.0 Å². The van der Waals surface area contributed by atoms with Gasteiger partial charge < -0.3 is 8.99 Å². The summed E-state index contributed by atoms with van der Waals surface area (Å²) in [6, 6.07) is 11.1. The second kappa shape index (κ2) is 6.56. The molecule has 0 heterocycles. The normalized spacial score (nSPS) is 16.2. The minimum absolute atomic E-state index is 0.166. The van der Waals surface area contributed by atoms with Crippen LogP contribution in [-0.2, 0) is 4.43 Å². The molecule has 0 unspecified atom stereocenters. The molecule has 0 aliphatic heterocycles. The van der Waals surface area contributed by atoms with Gasteiger partial charge in [0.15, 0.2) is 8.32 Å². The van der Waals surface area contributed by atoms with Crippen molar-refractivity contribution < 1.29 is 4.43 Å². The minimum atomic E-state index is -1.58. The molecule has 0 amide bonds. The van der Waals surface area contributed by atoms with E-state index < -0.39 is 16.6 Å². The number of rotatable bonds is 6. The summed E-state index contributed by atoms with van der Waals surface area (Å²) in [4.78, 5) is 0. The Hall–Kier alpha value is -0.426. The fourth-order valence-corrected chi connectivity index (χ4v) is 4.73. The lowest BCUT2D eigenvalue weighted by molar-refractivity contribution is 0.121. The molecule has 20 heavy (non-hydrogen) atoms. The largest absolute Gasteiger partial charge is 0.409 e. The maximum absolute atomic E-state index is 6.52. The fourth-order valence-electron chi connectivity index (χ4n) is 2.28. The zero-order valence-electron chi connectivity index (χ0n) is 14.4. The molecular formula is C16H31NOSi2. The molecule has 0 saturated heterocycles. The van der Waals surface area contributed by atoms with Crippen molar-refractivity contribution in [2.24, 2.45) is 0 Å². The van der Waals surface area contributed by atoms with E-state index in [-0.39, 0.29) is 6.10 Å². The lowest BCUT2D eigenvalue weighted by Crippen LogP contribution is -2.51. The van der Waals surface area contributed by atoms with Gasteiger partial charge >= 0.3 is 0 Å². The smallest absolute Gasteiger partial charge is 0.184 e. The number of hydrogen-bond acceptors (Lipinski definition) is 2. The lowest BCUT2D eigenvalue weighted by Gasteiger charge is -2.41. The first-order valence-corrected chi connectivity index (χ1v) is 14.3. The van der Waals surface area contributed by atoms with E-state index in [0.717, 1.165) is 0 Å². The summed E-state index contributed by atoms with van der Waals surface area (Å²) in [5.74, 6) is 0. The van der Waals surface area contributed by atoms with Crippen LogP contribution in [0.15, 0.2) is 30.3 Å². The van der Waals surface area contributed by atoms with Gasteiger partial charge in [-0.2, -0.15) is 0 Å². The molecule has 2 atom stereocenters. The second-order valence-corrected chi connectivity index (χ2v) is 17.1. The summed E-state index contributed by atoms with van der Waals surface area (Å²) in [5.41, 5.74) is 1.30. The molecule has 2 nitrogen and oxygen atoms in total. The van der Waals surface area contributed by atoms with Gasteiger partial charge in [0.2, 0.25) is 0 Å². The highest BCUT2D eigenvalue weighted by Gasteiger charge is 2.33. The molecule has 0 radical (unpaired) electrons. The summed E-state index contributed by atoms with van der Waals surface area (Å²) in [6.45, 7) is 16.3. The van der Waals surface area contributed by atoms with Crippen LogP contribution in [0.5, 0.6) is 0 Å². The van der Waals surface area contributed by atoms with Crippen molar-refractivity contribution in [1.82, 2.24) is 4.57 Å². The zero-order chi connectivity index (χ0) is 15.6. The maximum atomic E-state index is 6.52. The number of nitrogens with zero attached hydrogens (tertiary/aromatic N) is 1. The Kier molecular flexibility index (Phi) is 5.78. The van der Waals surface area contributed by atoms with Gasteiger partial charge in [-0.05, 0) is 39.2 Å². The first-order chi connectivity index (χ1) is 9.02. The summed E-state index contributed by atoms with van der Waals surface area (Å²) in [5, 5.41) is 0. The van der Waals surface area contributed by atoms with Crippen LogP contribution in [0.4, 0.5) is 0 Å². The van der Waals surface area contributed by atoms with Gasteiger partial charge in [0.1, 0.15) is 8.24 Å².